The van der Waals surface area contributed by atoms with Crippen molar-refractivity contribution in [3.05, 3.63) is 0 Å². The van der Waals surface area contributed by atoms with Crippen LogP contribution in [0.4, 0.5) is 0 Å². The lowest BCUT2D eigenvalue weighted by Crippen LogP contribution is -2.39. The lowest BCUT2D eigenvalue weighted by Gasteiger charge is -2.07. The zero-order valence-electron chi connectivity index (χ0n) is 4.76. The van der Waals surface area contributed by atoms with Gasteiger partial charge >= 0.3 is 11.9 Å². The summed E-state index contributed by atoms with van der Waals surface area (Å²) in [5.74, 6) is -3.54. The van der Waals surface area contributed by atoms with Gasteiger partial charge < -0.3 is 20.4 Å². The fraction of sp³-hybridized carbons (Fsp3) is 0.500. The zero-order chi connectivity index (χ0) is 8.31. The predicted octanol–water partition coefficient (Wildman–Crippen LogP) is -2.12. The number of rotatable bonds is 3. The van der Waals surface area contributed by atoms with Crippen LogP contribution in [0.2, 0.25) is 0 Å². The zero-order valence-corrected chi connectivity index (χ0v) is 4.76. The molecule has 0 aromatic heterocycles. The highest BCUT2D eigenvalue weighted by molar-refractivity contribution is 5.82. The van der Waals surface area contributed by atoms with E-state index in [9.17, 15) is 9.59 Å². The third kappa shape index (κ3) is 2.00. The molecule has 0 aromatic rings. The van der Waals surface area contributed by atoms with E-state index in [1.165, 1.54) is 0 Å². The van der Waals surface area contributed by atoms with Crippen molar-refractivity contribution in [2.75, 3.05) is 0 Å². The Bertz CT molecular complexity index is 134. The van der Waals surface area contributed by atoms with Crippen LogP contribution >= 0.6 is 0 Å². The molecule has 0 aromatic carbocycles. The fourth-order valence-electron chi connectivity index (χ4n) is 0.270. The average Bonchev–Trinajstić information content (AvgIpc) is 1.84. The third-order valence-corrected chi connectivity index (χ3v) is 0.805. The van der Waals surface area contributed by atoms with Crippen molar-refractivity contribution >= 4 is 11.9 Å². The summed E-state index contributed by atoms with van der Waals surface area (Å²) in [6.45, 7) is 0. The Morgan fingerprint density at radius 1 is 0.900 bits per heavy atom. The Kier molecular flexibility index (Phi) is 2.78. The second kappa shape index (κ2) is 3.14. The van der Waals surface area contributed by atoms with Crippen LogP contribution in [0, 0.1) is 0 Å². The highest BCUT2D eigenvalue weighted by atomic mass is 16.4. The van der Waals surface area contributed by atoms with Crippen LogP contribution < -0.4 is 0 Å². The predicted molar refractivity (Wildman–Crippen MR) is 27.3 cm³/mol. The maximum Gasteiger partial charge on any atom is 0.335 e. The molecule has 6 nitrogen and oxygen atoms in total. The van der Waals surface area contributed by atoms with Crippen molar-refractivity contribution in [1.82, 2.24) is 0 Å². The molecular weight excluding hydrogens is 144 g/mol. The Balaban J connectivity index is 4.07. The van der Waals surface area contributed by atoms with Crippen LogP contribution in [-0.2, 0) is 9.59 Å². The van der Waals surface area contributed by atoms with Gasteiger partial charge in [0, 0.05) is 0 Å². The van der Waals surface area contributed by atoms with Gasteiger partial charge in [0.15, 0.2) is 12.2 Å². The highest BCUT2D eigenvalue weighted by Crippen LogP contribution is 1.92. The minimum Gasteiger partial charge on any atom is -0.479 e. The van der Waals surface area contributed by atoms with Gasteiger partial charge in [0.2, 0.25) is 0 Å². The van der Waals surface area contributed by atoms with Crippen LogP contribution in [0.5, 0.6) is 0 Å². The van der Waals surface area contributed by atoms with Gasteiger partial charge in [-0.3, -0.25) is 0 Å². The Morgan fingerprint density at radius 3 is 1.20 bits per heavy atom. The van der Waals surface area contributed by atoms with E-state index in [1.807, 2.05) is 0 Å². The van der Waals surface area contributed by atoms with Gasteiger partial charge in [0.05, 0.1) is 0 Å². The van der Waals surface area contributed by atoms with Crippen LogP contribution in [0.25, 0.3) is 0 Å². The van der Waals surface area contributed by atoms with E-state index < -0.39 is 24.1 Å². The number of aliphatic hydroxyl groups is 2. The Morgan fingerprint density at radius 2 is 1.10 bits per heavy atom. The quantitative estimate of drug-likeness (QED) is 0.365. The number of aliphatic hydroxyl groups excluding tert-OH is 2. The van der Waals surface area contributed by atoms with Crippen LogP contribution in [0.3, 0.4) is 0 Å². The molecule has 0 spiro atoms. The summed E-state index contributed by atoms with van der Waals surface area (Å²) >= 11 is 0. The summed E-state index contributed by atoms with van der Waals surface area (Å²) in [4.78, 5) is 19.5. The van der Waals surface area contributed by atoms with Crippen LogP contribution in [-0.4, -0.2) is 44.6 Å². The number of aliphatic carboxylic acids is 2. The molecule has 0 saturated carbocycles. The SMILES string of the molecule is O=C(O)C(O)[C@H](O)C(=O)O. The van der Waals surface area contributed by atoms with Crippen molar-refractivity contribution < 1.29 is 30.0 Å². The first-order valence-electron chi connectivity index (χ1n) is 2.28. The van der Waals surface area contributed by atoms with Gasteiger partial charge in [-0.2, -0.15) is 0 Å². The van der Waals surface area contributed by atoms with E-state index in [-0.39, 0.29) is 0 Å². The van der Waals surface area contributed by atoms with Gasteiger partial charge in [-0.1, -0.05) is 0 Å². The molecule has 0 saturated heterocycles. The summed E-state index contributed by atoms with van der Waals surface area (Å²) in [5, 5.41) is 32.5. The second-order valence-electron chi connectivity index (χ2n) is 1.57. The standard InChI is InChI=1S/C4H6O6/c5-1(3(7)8)2(6)4(9)10/h1-2,5-6H,(H,7,8)(H,9,10)/t1-,2?/m0/s1. The molecule has 4 N–H and O–H groups in total. The molecule has 0 fully saturated rings. The largest absolute Gasteiger partial charge is 0.479 e. The molecule has 58 valence electrons. The van der Waals surface area contributed by atoms with Crippen molar-refractivity contribution in [2.45, 2.75) is 12.2 Å². The van der Waals surface area contributed by atoms with Crippen molar-refractivity contribution in [3.8, 4) is 0 Å². The Labute approximate surface area is 55.3 Å². The maximum absolute atomic E-state index is 9.77. The number of carbonyl (C=O) groups is 2. The van der Waals surface area contributed by atoms with Gasteiger partial charge in [-0.05, 0) is 0 Å². The monoisotopic (exact) mass is 150 g/mol. The van der Waals surface area contributed by atoms with E-state index in [0.29, 0.717) is 0 Å². The van der Waals surface area contributed by atoms with E-state index >= 15 is 0 Å². The maximum atomic E-state index is 9.77. The van der Waals surface area contributed by atoms with Crippen molar-refractivity contribution in [1.29, 1.82) is 0 Å². The molecule has 10 heavy (non-hydrogen) atoms. The van der Waals surface area contributed by atoms with E-state index in [1.54, 1.807) is 0 Å². The van der Waals surface area contributed by atoms with Crippen molar-refractivity contribution in [3.63, 3.8) is 0 Å². The van der Waals surface area contributed by atoms with Gasteiger partial charge in [-0.25, -0.2) is 9.59 Å². The molecular formula is C4H6O6. The summed E-state index contributed by atoms with van der Waals surface area (Å²) in [6.07, 6.45) is -4.53. The second-order valence-corrected chi connectivity index (χ2v) is 1.57. The first kappa shape index (κ1) is 8.86. The molecule has 1 unspecified atom stereocenters. The number of hydrogen-bond donors (Lipinski definition) is 4. The summed E-state index contributed by atoms with van der Waals surface area (Å²) in [6, 6.07) is 0. The normalized spacial score (nSPS) is 15.8. The summed E-state index contributed by atoms with van der Waals surface area (Å²) in [5.41, 5.74) is 0. The smallest absolute Gasteiger partial charge is 0.335 e. The first-order valence-corrected chi connectivity index (χ1v) is 2.28. The average molecular weight is 150 g/mol. The van der Waals surface area contributed by atoms with Gasteiger partial charge in [0.25, 0.3) is 0 Å². The highest BCUT2D eigenvalue weighted by Gasteiger charge is 2.29. The number of hydrogen-bond acceptors (Lipinski definition) is 4. The molecule has 0 rings (SSSR count). The van der Waals surface area contributed by atoms with E-state index in [2.05, 4.69) is 0 Å². The van der Waals surface area contributed by atoms with Gasteiger partial charge in [0.1, 0.15) is 0 Å². The molecule has 0 radical (unpaired) electrons. The minimum absolute atomic E-state index is 1.77. The Hall–Kier alpha value is -1.14. The van der Waals surface area contributed by atoms with Crippen LogP contribution in [0.15, 0.2) is 0 Å². The van der Waals surface area contributed by atoms with Crippen molar-refractivity contribution in [2.24, 2.45) is 0 Å². The molecule has 2 atom stereocenters. The minimum atomic E-state index is -2.27. The molecule has 0 aliphatic carbocycles. The number of carboxylic acids is 2. The molecule has 0 heterocycles. The third-order valence-electron chi connectivity index (χ3n) is 0.805. The fourth-order valence-corrected chi connectivity index (χ4v) is 0.270. The lowest BCUT2D eigenvalue weighted by molar-refractivity contribution is -0.165. The van der Waals surface area contributed by atoms with E-state index in [0.717, 1.165) is 0 Å². The molecule has 0 bridgehead atoms. The molecule has 6 heteroatoms. The van der Waals surface area contributed by atoms with E-state index in [4.69, 9.17) is 20.4 Å². The molecule has 0 aliphatic rings. The summed E-state index contributed by atoms with van der Waals surface area (Å²) < 4.78 is 0. The first-order chi connectivity index (χ1) is 4.46. The summed E-state index contributed by atoms with van der Waals surface area (Å²) in [7, 11) is 0. The van der Waals surface area contributed by atoms with Gasteiger partial charge in [-0.15, -0.1) is 0 Å². The number of carboxylic acid groups (broad SMARTS) is 2. The molecule has 0 aliphatic heterocycles. The van der Waals surface area contributed by atoms with Crippen LogP contribution in [0.1, 0.15) is 0 Å². The lowest BCUT2D eigenvalue weighted by atomic mass is 10.2. The topological polar surface area (TPSA) is 115 Å². The molecule has 0 amide bonds.